The lowest BCUT2D eigenvalue weighted by molar-refractivity contribution is 0.0240. The summed E-state index contributed by atoms with van der Waals surface area (Å²) in [6.45, 7) is 7.78. The van der Waals surface area contributed by atoms with Gasteiger partial charge in [-0.2, -0.15) is 0 Å². The number of nitrogens with one attached hydrogen (secondary N) is 1. The minimum Gasteiger partial charge on any atom is -0.444 e. The Morgan fingerprint density at radius 1 is 1.07 bits per heavy atom. The minimum absolute atomic E-state index is 0.250. The number of halogens is 2. The highest BCUT2D eigenvalue weighted by molar-refractivity contribution is 6.03. The minimum atomic E-state index is -0.938. The van der Waals surface area contributed by atoms with Gasteiger partial charge < -0.3 is 19.9 Å². The first-order valence-corrected chi connectivity index (χ1v) is 9.58. The van der Waals surface area contributed by atoms with Gasteiger partial charge in [0.1, 0.15) is 23.1 Å². The molecule has 3 rings (SSSR count). The zero-order valence-corrected chi connectivity index (χ0v) is 17.1. The van der Waals surface area contributed by atoms with Crippen LogP contribution in [0.15, 0.2) is 36.5 Å². The molecular formula is C21H24F2N4O3. The maximum Gasteiger partial charge on any atom is 0.410 e. The van der Waals surface area contributed by atoms with Gasteiger partial charge in [-0.05, 0) is 45.0 Å². The number of piperazine rings is 1. The van der Waals surface area contributed by atoms with Gasteiger partial charge in [0.05, 0.1) is 17.4 Å². The van der Waals surface area contributed by atoms with Crippen LogP contribution in [0.1, 0.15) is 31.1 Å². The van der Waals surface area contributed by atoms with Crippen molar-refractivity contribution in [1.29, 1.82) is 0 Å². The fourth-order valence-corrected chi connectivity index (χ4v) is 2.98. The molecular weight excluding hydrogens is 394 g/mol. The van der Waals surface area contributed by atoms with E-state index in [0.717, 1.165) is 17.8 Å². The second kappa shape index (κ2) is 8.64. The Balaban J connectivity index is 1.56. The van der Waals surface area contributed by atoms with E-state index < -0.39 is 23.1 Å². The number of pyridine rings is 1. The summed E-state index contributed by atoms with van der Waals surface area (Å²) in [5.41, 5.74) is 0.0419. The number of rotatable bonds is 3. The molecule has 1 saturated heterocycles. The normalized spacial score (nSPS) is 14.4. The third-order valence-electron chi connectivity index (χ3n) is 4.46. The van der Waals surface area contributed by atoms with Crippen LogP contribution in [0, 0.1) is 11.6 Å². The van der Waals surface area contributed by atoms with Crippen molar-refractivity contribution in [3.63, 3.8) is 0 Å². The standard InChI is InChI=1S/C21H24F2N4O3/c1-21(2,3)30-20(29)27-10-8-26(9-11-27)15-5-7-18(24-13-15)25-19(28)16-6-4-14(22)12-17(16)23/h4-7,12-13H,8-11H2,1-3H3,(H,24,25,28). The Morgan fingerprint density at radius 2 is 1.77 bits per heavy atom. The first-order chi connectivity index (χ1) is 14.1. The molecule has 1 fully saturated rings. The number of amides is 2. The Hall–Kier alpha value is -3.23. The average Bonchev–Trinajstić information content (AvgIpc) is 2.67. The summed E-state index contributed by atoms with van der Waals surface area (Å²) in [5, 5.41) is 2.49. The molecule has 0 unspecified atom stereocenters. The van der Waals surface area contributed by atoms with Gasteiger partial charge in [0, 0.05) is 32.2 Å². The van der Waals surface area contributed by atoms with Crippen molar-refractivity contribution in [2.45, 2.75) is 26.4 Å². The molecule has 1 aliphatic heterocycles. The molecule has 2 heterocycles. The van der Waals surface area contributed by atoms with Gasteiger partial charge in [0.25, 0.3) is 5.91 Å². The molecule has 0 saturated carbocycles. The summed E-state index contributed by atoms with van der Waals surface area (Å²) >= 11 is 0. The summed E-state index contributed by atoms with van der Waals surface area (Å²) in [6, 6.07) is 6.15. The van der Waals surface area contributed by atoms with E-state index in [1.807, 2.05) is 20.8 Å². The smallest absolute Gasteiger partial charge is 0.410 e. The van der Waals surface area contributed by atoms with Crippen LogP contribution in [0.2, 0.25) is 0 Å². The second-order valence-corrected chi connectivity index (χ2v) is 7.93. The number of hydrogen-bond donors (Lipinski definition) is 1. The predicted molar refractivity (Wildman–Crippen MR) is 109 cm³/mol. The van der Waals surface area contributed by atoms with Crippen LogP contribution < -0.4 is 10.2 Å². The van der Waals surface area contributed by atoms with E-state index in [-0.39, 0.29) is 17.5 Å². The topological polar surface area (TPSA) is 74.8 Å². The van der Waals surface area contributed by atoms with Crippen LogP contribution in [-0.4, -0.2) is 53.7 Å². The van der Waals surface area contributed by atoms with Gasteiger partial charge in [-0.3, -0.25) is 4.79 Å². The molecule has 0 aliphatic carbocycles. The molecule has 1 aromatic carbocycles. The zero-order chi connectivity index (χ0) is 21.9. The van der Waals surface area contributed by atoms with E-state index in [4.69, 9.17) is 4.74 Å². The number of anilines is 2. The molecule has 2 aromatic rings. The third-order valence-corrected chi connectivity index (χ3v) is 4.46. The van der Waals surface area contributed by atoms with E-state index in [0.29, 0.717) is 32.2 Å². The van der Waals surface area contributed by atoms with Crippen LogP contribution >= 0.6 is 0 Å². The molecule has 30 heavy (non-hydrogen) atoms. The Labute approximate surface area is 173 Å². The highest BCUT2D eigenvalue weighted by Gasteiger charge is 2.26. The second-order valence-electron chi connectivity index (χ2n) is 7.93. The van der Waals surface area contributed by atoms with Gasteiger partial charge in [0.2, 0.25) is 0 Å². The van der Waals surface area contributed by atoms with Gasteiger partial charge in [-0.1, -0.05) is 0 Å². The summed E-state index contributed by atoms with van der Waals surface area (Å²) in [5.74, 6) is -2.15. The number of nitrogens with zero attached hydrogens (tertiary/aromatic N) is 3. The van der Waals surface area contributed by atoms with Crippen molar-refractivity contribution >= 4 is 23.5 Å². The number of benzene rings is 1. The van der Waals surface area contributed by atoms with Gasteiger partial charge in [-0.15, -0.1) is 0 Å². The monoisotopic (exact) mass is 418 g/mol. The molecule has 1 N–H and O–H groups in total. The Morgan fingerprint density at radius 3 is 2.33 bits per heavy atom. The highest BCUT2D eigenvalue weighted by Crippen LogP contribution is 2.19. The molecule has 160 valence electrons. The predicted octanol–water partition coefficient (Wildman–Crippen LogP) is 3.67. The lowest BCUT2D eigenvalue weighted by Crippen LogP contribution is -2.50. The molecule has 1 aliphatic rings. The van der Waals surface area contributed by atoms with Crippen LogP contribution in [0.4, 0.5) is 25.1 Å². The SMILES string of the molecule is CC(C)(C)OC(=O)N1CCN(c2ccc(NC(=O)c3ccc(F)cc3F)nc2)CC1. The van der Waals surface area contributed by atoms with Gasteiger partial charge >= 0.3 is 6.09 Å². The summed E-state index contributed by atoms with van der Waals surface area (Å²) < 4.78 is 32.1. The molecule has 2 amide bonds. The number of carbonyl (C=O) groups is 2. The van der Waals surface area contributed by atoms with E-state index in [2.05, 4.69) is 15.2 Å². The van der Waals surface area contributed by atoms with Crippen LogP contribution in [0.25, 0.3) is 0 Å². The van der Waals surface area contributed by atoms with Crippen molar-refractivity contribution in [1.82, 2.24) is 9.88 Å². The molecule has 1 aromatic heterocycles. The zero-order valence-electron chi connectivity index (χ0n) is 17.1. The van der Waals surface area contributed by atoms with Gasteiger partial charge in [-0.25, -0.2) is 18.6 Å². The Bertz CT molecular complexity index is 921. The van der Waals surface area contributed by atoms with Crippen molar-refractivity contribution in [3.05, 3.63) is 53.7 Å². The Kier molecular flexibility index (Phi) is 6.19. The van der Waals surface area contributed by atoms with E-state index in [9.17, 15) is 18.4 Å². The van der Waals surface area contributed by atoms with Crippen LogP contribution in [-0.2, 0) is 4.74 Å². The fourth-order valence-electron chi connectivity index (χ4n) is 2.98. The van der Waals surface area contributed by atoms with E-state index in [1.165, 1.54) is 0 Å². The van der Waals surface area contributed by atoms with Crippen LogP contribution in [0.3, 0.4) is 0 Å². The van der Waals surface area contributed by atoms with E-state index in [1.54, 1.807) is 23.2 Å². The molecule has 7 nitrogen and oxygen atoms in total. The van der Waals surface area contributed by atoms with Crippen LogP contribution in [0.5, 0.6) is 0 Å². The summed E-state index contributed by atoms with van der Waals surface area (Å²) in [7, 11) is 0. The van der Waals surface area contributed by atoms with Crippen molar-refractivity contribution < 1.29 is 23.1 Å². The lowest BCUT2D eigenvalue weighted by atomic mass is 10.2. The molecule has 9 heteroatoms. The molecule has 0 atom stereocenters. The lowest BCUT2D eigenvalue weighted by Gasteiger charge is -2.36. The first-order valence-electron chi connectivity index (χ1n) is 9.58. The quantitative estimate of drug-likeness (QED) is 0.823. The maximum absolute atomic E-state index is 13.7. The molecule has 0 bridgehead atoms. The summed E-state index contributed by atoms with van der Waals surface area (Å²) in [6.07, 6.45) is 1.27. The largest absolute Gasteiger partial charge is 0.444 e. The molecule has 0 radical (unpaired) electrons. The van der Waals surface area contributed by atoms with Crippen molar-refractivity contribution in [2.24, 2.45) is 0 Å². The van der Waals surface area contributed by atoms with Crippen molar-refractivity contribution in [3.8, 4) is 0 Å². The third kappa shape index (κ3) is 5.43. The number of aromatic nitrogens is 1. The average molecular weight is 418 g/mol. The van der Waals surface area contributed by atoms with E-state index >= 15 is 0 Å². The summed E-state index contributed by atoms with van der Waals surface area (Å²) in [4.78, 5) is 32.2. The maximum atomic E-state index is 13.7. The molecule has 0 spiro atoms. The first kappa shape index (κ1) is 21.5. The number of carbonyl (C=O) groups excluding carboxylic acids is 2. The van der Waals surface area contributed by atoms with Crippen molar-refractivity contribution in [2.75, 3.05) is 36.4 Å². The fraction of sp³-hybridized carbons (Fsp3) is 0.381. The highest BCUT2D eigenvalue weighted by atomic mass is 19.1. The number of hydrogen-bond acceptors (Lipinski definition) is 5. The number of ether oxygens (including phenoxy) is 1. The van der Waals surface area contributed by atoms with Gasteiger partial charge in [0.15, 0.2) is 0 Å².